The lowest BCUT2D eigenvalue weighted by Crippen LogP contribution is -2.55. The molecule has 0 aromatic heterocycles. The van der Waals surface area contributed by atoms with Crippen molar-refractivity contribution in [2.75, 3.05) is 6.54 Å². The minimum Gasteiger partial charge on any atom is -0.624 e. The van der Waals surface area contributed by atoms with Crippen molar-refractivity contribution in [1.82, 2.24) is 5.06 Å². The van der Waals surface area contributed by atoms with Gasteiger partial charge in [0.25, 0.3) is 0 Å². The maximum Gasteiger partial charge on any atom is 0.335 e. The van der Waals surface area contributed by atoms with Crippen LogP contribution in [0.3, 0.4) is 0 Å². The van der Waals surface area contributed by atoms with Gasteiger partial charge in [0, 0.05) is 0 Å². The molecule has 1 aliphatic rings. The molecular formula is C6H10N2O3. The molecule has 0 aromatic carbocycles. The first-order chi connectivity index (χ1) is 4.93. The maximum absolute atomic E-state index is 10.8. The van der Waals surface area contributed by atoms with Gasteiger partial charge in [0.1, 0.15) is 5.54 Å². The van der Waals surface area contributed by atoms with Gasteiger partial charge in [-0.25, -0.2) is 9.80 Å². The molecule has 1 heterocycles. The third-order valence-corrected chi connectivity index (χ3v) is 1.58. The lowest BCUT2D eigenvalue weighted by molar-refractivity contribution is -0.479. The summed E-state index contributed by atoms with van der Waals surface area (Å²) in [5.41, 5.74) is -0.798. The second kappa shape index (κ2) is 2.20. The van der Waals surface area contributed by atoms with E-state index in [1.54, 1.807) is 13.8 Å². The summed E-state index contributed by atoms with van der Waals surface area (Å²) in [5, 5.41) is 20.4. The summed E-state index contributed by atoms with van der Waals surface area (Å²) >= 11 is 0. The van der Waals surface area contributed by atoms with Crippen molar-refractivity contribution in [2.45, 2.75) is 19.4 Å². The van der Waals surface area contributed by atoms with Crippen molar-refractivity contribution in [3.05, 3.63) is 5.21 Å². The molecule has 5 heteroatoms. The van der Waals surface area contributed by atoms with Gasteiger partial charge in [0.05, 0.1) is 0 Å². The third kappa shape index (κ3) is 1.32. The molecule has 0 atom stereocenters. The number of rotatable bonds is 0. The largest absolute Gasteiger partial charge is 0.624 e. The van der Waals surface area contributed by atoms with E-state index in [2.05, 4.69) is 0 Å². The van der Waals surface area contributed by atoms with Gasteiger partial charge >= 0.3 is 5.91 Å². The number of hydroxylamine groups is 3. The van der Waals surface area contributed by atoms with Crippen LogP contribution in [-0.4, -0.2) is 39.2 Å². The smallest absolute Gasteiger partial charge is 0.335 e. The Kier molecular flexibility index (Phi) is 1.60. The Balaban J connectivity index is 2.94. The van der Waals surface area contributed by atoms with Gasteiger partial charge in [-0.05, 0) is 13.8 Å². The van der Waals surface area contributed by atoms with E-state index in [9.17, 15) is 10.0 Å². The van der Waals surface area contributed by atoms with Crippen LogP contribution in [0.1, 0.15) is 13.8 Å². The Morgan fingerprint density at radius 1 is 1.82 bits per heavy atom. The topological polar surface area (TPSA) is 66.6 Å². The van der Waals surface area contributed by atoms with Gasteiger partial charge < -0.3 is 5.21 Å². The molecule has 0 bridgehead atoms. The van der Waals surface area contributed by atoms with E-state index >= 15 is 0 Å². The first kappa shape index (κ1) is 8.00. The summed E-state index contributed by atoms with van der Waals surface area (Å²) in [7, 11) is 0. The molecule has 0 spiro atoms. The van der Waals surface area contributed by atoms with Crippen molar-refractivity contribution in [2.24, 2.45) is 0 Å². The second-order valence-electron chi connectivity index (χ2n) is 3.17. The summed E-state index contributed by atoms with van der Waals surface area (Å²) in [6.45, 7) is 3.32. The molecule has 62 valence electrons. The van der Waals surface area contributed by atoms with E-state index in [1.807, 2.05) is 0 Å². The Morgan fingerprint density at radius 2 is 2.36 bits per heavy atom. The summed E-state index contributed by atoms with van der Waals surface area (Å²) < 4.78 is 0.523. The van der Waals surface area contributed by atoms with Crippen LogP contribution in [0, 0.1) is 5.21 Å². The van der Waals surface area contributed by atoms with Crippen LogP contribution in [0.15, 0.2) is 0 Å². The van der Waals surface area contributed by atoms with Crippen LogP contribution < -0.4 is 0 Å². The van der Waals surface area contributed by atoms with E-state index in [0.717, 1.165) is 6.21 Å². The molecular weight excluding hydrogens is 148 g/mol. The highest BCUT2D eigenvalue weighted by Crippen LogP contribution is 2.14. The number of carbonyl (C=O) groups is 1. The standard InChI is InChI=1S/C6H10N2O3/c1-6(2)4-7(10)3-5(9)8(6)11/h3,11H,4H2,1-2H3. The average Bonchev–Trinajstić information content (AvgIpc) is 1.81. The Bertz CT molecular complexity index is 222. The quantitative estimate of drug-likeness (QED) is 0.296. The molecule has 5 nitrogen and oxygen atoms in total. The number of hydrogen-bond donors (Lipinski definition) is 1. The molecule has 1 amide bonds. The summed E-state index contributed by atoms with van der Waals surface area (Å²) in [4.78, 5) is 10.8. The van der Waals surface area contributed by atoms with Crippen LogP contribution in [0.5, 0.6) is 0 Å². The second-order valence-corrected chi connectivity index (χ2v) is 3.17. The minimum atomic E-state index is -0.798. The van der Waals surface area contributed by atoms with E-state index in [0.29, 0.717) is 9.80 Å². The molecule has 11 heavy (non-hydrogen) atoms. The number of carbonyl (C=O) groups excluding carboxylic acids is 1. The third-order valence-electron chi connectivity index (χ3n) is 1.58. The fourth-order valence-electron chi connectivity index (χ4n) is 0.970. The van der Waals surface area contributed by atoms with Gasteiger partial charge in [-0.1, -0.05) is 0 Å². The van der Waals surface area contributed by atoms with Crippen LogP contribution >= 0.6 is 0 Å². The molecule has 1 aliphatic heterocycles. The van der Waals surface area contributed by atoms with Crippen molar-refractivity contribution < 1.29 is 14.7 Å². The van der Waals surface area contributed by atoms with E-state index < -0.39 is 11.4 Å². The average molecular weight is 158 g/mol. The minimum absolute atomic E-state index is 0.0925. The first-order valence-corrected chi connectivity index (χ1v) is 3.25. The highest BCUT2D eigenvalue weighted by atomic mass is 16.5. The van der Waals surface area contributed by atoms with Gasteiger partial charge in [-0.2, -0.15) is 0 Å². The van der Waals surface area contributed by atoms with Crippen molar-refractivity contribution >= 4 is 12.1 Å². The fraction of sp³-hybridized carbons (Fsp3) is 0.667. The van der Waals surface area contributed by atoms with Crippen LogP contribution in [0.2, 0.25) is 0 Å². The van der Waals surface area contributed by atoms with Crippen molar-refractivity contribution in [3.63, 3.8) is 0 Å². The van der Waals surface area contributed by atoms with Crippen LogP contribution in [0.4, 0.5) is 0 Å². The van der Waals surface area contributed by atoms with E-state index in [4.69, 9.17) is 5.21 Å². The molecule has 0 saturated heterocycles. The summed E-state index contributed by atoms with van der Waals surface area (Å²) in [6.07, 6.45) is 0.825. The Morgan fingerprint density at radius 3 is 2.82 bits per heavy atom. The number of nitrogens with zero attached hydrogens (tertiary/aromatic N) is 2. The lowest BCUT2D eigenvalue weighted by Gasteiger charge is -2.32. The monoisotopic (exact) mass is 158 g/mol. The number of amides is 1. The SMILES string of the molecule is CC1(C)C[N+]([O-])=CC(=O)N1O. The zero-order chi connectivity index (χ0) is 8.65. The predicted molar refractivity (Wildman–Crippen MR) is 37.3 cm³/mol. The maximum atomic E-state index is 10.8. The Hall–Kier alpha value is -1.10. The van der Waals surface area contributed by atoms with Crippen LogP contribution in [0.25, 0.3) is 0 Å². The van der Waals surface area contributed by atoms with Gasteiger partial charge in [0.2, 0.25) is 6.21 Å². The highest BCUT2D eigenvalue weighted by molar-refractivity contribution is 6.24. The van der Waals surface area contributed by atoms with Crippen molar-refractivity contribution in [1.29, 1.82) is 0 Å². The molecule has 0 aromatic rings. The van der Waals surface area contributed by atoms with Gasteiger partial charge in [0.15, 0.2) is 6.54 Å². The van der Waals surface area contributed by atoms with Crippen LogP contribution in [-0.2, 0) is 4.79 Å². The van der Waals surface area contributed by atoms with Gasteiger partial charge in [-0.15, -0.1) is 0 Å². The normalized spacial score (nSPS) is 23.4. The molecule has 0 unspecified atom stereocenters. The first-order valence-electron chi connectivity index (χ1n) is 3.25. The summed E-state index contributed by atoms with van der Waals surface area (Å²) in [5.74, 6) is -0.670. The Labute approximate surface area is 64.1 Å². The van der Waals surface area contributed by atoms with Crippen molar-refractivity contribution in [3.8, 4) is 0 Å². The fourth-order valence-corrected chi connectivity index (χ4v) is 0.970. The van der Waals surface area contributed by atoms with Gasteiger partial charge in [-0.3, -0.25) is 10.0 Å². The molecule has 1 rings (SSSR count). The molecule has 0 saturated carbocycles. The summed E-state index contributed by atoms with van der Waals surface area (Å²) in [6, 6.07) is 0. The predicted octanol–water partition coefficient (Wildman–Crippen LogP) is -0.423. The number of hydrogen-bond acceptors (Lipinski definition) is 3. The lowest BCUT2D eigenvalue weighted by atomic mass is 10.0. The molecule has 0 aliphatic carbocycles. The molecule has 0 radical (unpaired) electrons. The van der Waals surface area contributed by atoms with E-state index in [-0.39, 0.29) is 6.54 Å². The van der Waals surface area contributed by atoms with E-state index in [1.165, 1.54) is 0 Å². The zero-order valence-corrected chi connectivity index (χ0v) is 6.44. The molecule has 1 N–H and O–H groups in total. The molecule has 0 fully saturated rings. The highest BCUT2D eigenvalue weighted by Gasteiger charge is 2.37. The zero-order valence-electron chi connectivity index (χ0n) is 6.44.